The van der Waals surface area contributed by atoms with E-state index >= 15 is 0 Å². The number of rotatable bonds is 6. The van der Waals surface area contributed by atoms with Crippen LogP contribution in [0.4, 0.5) is 4.39 Å². The van der Waals surface area contributed by atoms with E-state index in [4.69, 9.17) is 4.74 Å². The number of halogens is 1. The molecule has 3 rings (SSSR count). The molecule has 9 heteroatoms. The molecule has 1 aliphatic heterocycles. The molecule has 0 saturated carbocycles. The minimum atomic E-state index is -3.77. The van der Waals surface area contributed by atoms with Gasteiger partial charge in [0.2, 0.25) is 10.0 Å². The number of nitrogens with one attached hydrogen (secondary N) is 1. The molecule has 26 heavy (non-hydrogen) atoms. The number of nitrogens with zero attached hydrogens (tertiary/aromatic N) is 1. The molecule has 1 atom stereocenters. The molecule has 1 saturated heterocycles. The van der Waals surface area contributed by atoms with Crippen LogP contribution in [0.2, 0.25) is 0 Å². The van der Waals surface area contributed by atoms with Gasteiger partial charge >= 0.3 is 0 Å². The molecule has 1 aromatic carbocycles. The maximum absolute atomic E-state index is 12.9. The highest BCUT2D eigenvalue weighted by Gasteiger charge is 2.24. The van der Waals surface area contributed by atoms with Crippen molar-refractivity contribution in [3.8, 4) is 0 Å². The summed E-state index contributed by atoms with van der Waals surface area (Å²) >= 11 is 1.11. The zero-order valence-electron chi connectivity index (χ0n) is 14.0. The predicted octanol–water partition coefficient (Wildman–Crippen LogP) is 2.50. The van der Waals surface area contributed by atoms with E-state index in [1.54, 1.807) is 12.1 Å². The molecule has 0 bridgehead atoms. The lowest BCUT2D eigenvalue weighted by Crippen LogP contribution is -2.38. The number of carbonyl (C=O) groups is 1. The van der Waals surface area contributed by atoms with Crippen LogP contribution in [-0.2, 0) is 21.2 Å². The fraction of sp³-hybridized carbons (Fsp3) is 0.412. The second-order valence-electron chi connectivity index (χ2n) is 6.12. The van der Waals surface area contributed by atoms with Crippen molar-refractivity contribution in [2.45, 2.75) is 31.8 Å². The van der Waals surface area contributed by atoms with Gasteiger partial charge in [-0.1, -0.05) is 12.1 Å². The Hall–Kier alpha value is -1.84. The van der Waals surface area contributed by atoms with Crippen molar-refractivity contribution >= 4 is 27.3 Å². The molecule has 1 fully saturated rings. The second-order valence-corrected chi connectivity index (χ2v) is 9.00. The highest BCUT2D eigenvalue weighted by atomic mass is 32.2. The lowest BCUT2D eigenvalue weighted by atomic mass is 10.1. The Morgan fingerprint density at radius 1 is 1.31 bits per heavy atom. The molecule has 1 N–H and O–H groups in total. The lowest BCUT2D eigenvalue weighted by molar-refractivity contribution is 0.0304. The number of ether oxygens (including phenoxy) is 1. The van der Waals surface area contributed by atoms with Crippen LogP contribution in [0.15, 0.2) is 30.5 Å². The Balaban J connectivity index is 1.59. The Bertz CT molecular complexity index is 859. The van der Waals surface area contributed by atoms with Crippen molar-refractivity contribution in [1.29, 1.82) is 0 Å². The molecule has 1 aromatic heterocycles. The van der Waals surface area contributed by atoms with Gasteiger partial charge in [-0.2, -0.15) is 0 Å². The third-order valence-electron chi connectivity index (χ3n) is 3.97. The first kappa shape index (κ1) is 18.9. The number of hydrogen-bond donors (Lipinski definition) is 1. The first-order valence-corrected chi connectivity index (χ1v) is 10.7. The molecule has 0 aliphatic carbocycles. The van der Waals surface area contributed by atoms with Crippen molar-refractivity contribution in [2.75, 3.05) is 12.4 Å². The molecule has 1 amide bonds. The fourth-order valence-corrected chi connectivity index (χ4v) is 4.83. The van der Waals surface area contributed by atoms with E-state index in [0.717, 1.165) is 29.7 Å². The molecule has 2 aromatic rings. The van der Waals surface area contributed by atoms with Gasteiger partial charge in [0.25, 0.3) is 5.91 Å². The van der Waals surface area contributed by atoms with Crippen LogP contribution in [0.5, 0.6) is 0 Å². The smallest absolute Gasteiger partial charge is 0.276 e. The van der Waals surface area contributed by atoms with E-state index in [-0.39, 0.29) is 22.6 Å². The van der Waals surface area contributed by atoms with Gasteiger partial charge in [0.05, 0.1) is 23.1 Å². The van der Waals surface area contributed by atoms with Gasteiger partial charge in [-0.15, -0.1) is 11.3 Å². The van der Waals surface area contributed by atoms with E-state index in [9.17, 15) is 17.6 Å². The molecular weight excluding hydrogens is 379 g/mol. The first-order chi connectivity index (χ1) is 12.4. The van der Waals surface area contributed by atoms with Gasteiger partial charge in [-0.05, 0) is 37.0 Å². The summed E-state index contributed by atoms with van der Waals surface area (Å²) in [5.41, 5.74) is 0.856. The van der Waals surface area contributed by atoms with E-state index < -0.39 is 15.9 Å². The highest BCUT2D eigenvalue weighted by molar-refractivity contribution is 7.90. The van der Waals surface area contributed by atoms with Gasteiger partial charge in [0.1, 0.15) is 10.7 Å². The molecule has 0 radical (unpaired) electrons. The van der Waals surface area contributed by atoms with Crippen molar-refractivity contribution < 1.29 is 22.3 Å². The number of benzene rings is 1. The summed E-state index contributed by atoms with van der Waals surface area (Å²) in [6.45, 7) is 0.551. The SMILES string of the molecule is O=C(NS(=O)(=O)C[C@H]1CCCCO1)c1cnc(Cc2ccc(F)cc2)s1. The monoisotopic (exact) mass is 398 g/mol. The van der Waals surface area contributed by atoms with Crippen molar-refractivity contribution in [3.63, 3.8) is 0 Å². The number of amides is 1. The third-order valence-corrected chi connectivity index (χ3v) is 6.28. The number of sulfonamides is 1. The quantitative estimate of drug-likeness (QED) is 0.808. The zero-order chi connectivity index (χ0) is 18.6. The van der Waals surface area contributed by atoms with Gasteiger partial charge in [0, 0.05) is 13.0 Å². The Morgan fingerprint density at radius 3 is 2.77 bits per heavy atom. The summed E-state index contributed by atoms with van der Waals surface area (Å²) in [5, 5.41) is 0.648. The predicted molar refractivity (Wildman–Crippen MR) is 96.2 cm³/mol. The fourth-order valence-electron chi connectivity index (χ4n) is 2.69. The highest BCUT2D eigenvalue weighted by Crippen LogP contribution is 2.18. The van der Waals surface area contributed by atoms with Crippen LogP contribution < -0.4 is 4.72 Å². The first-order valence-electron chi connectivity index (χ1n) is 8.27. The Labute approximate surface area is 155 Å². The van der Waals surface area contributed by atoms with Crippen LogP contribution in [0.25, 0.3) is 0 Å². The molecule has 6 nitrogen and oxygen atoms in total. The van der Waals surface area contributed by atoms with Crippen LogP contribution in [0.3, 0.4) is 0 Å². The molecule has 140 valence electrons. The van der Waals surface area contributed by atoms with Gasteiger partial charge < -0.3 is 4.74 Å². The maximum atomic E-state index is 12.9. The van der Waals surface area contributed by atoms with Crippen LogP contribution in [-0.4, -0.2) is 37.8 Å². The summed E-state index contributed by atoms with van der Waals surface area (Å²) in [6.07, 6.45) is 3.96. The van der Waals surface area contributed by atoms with Crippen LogP contribution >= 0.6 is 11.3 Å². The summed E-state index contributed by atoms with van der Waals surface area (Å²) in [7, 11) is -3.77. The summed E-state index contributed by atoms with van der Waals surface area (Å²) in [5.74, 6) is -1.23. The maximum Gasteiger partial charge on any atom is 0.276 e. The minimum absolute atomic E-state index is 0.218. The lowest BCUT2D eigenvalue weighted by Gasteiger charge is -2.22. The van der Waals surface area contributed by atoms with Crippen LogP contribution in [0.1, 0.15) is 39.5 Å². The summed E-state index contributed by atoms with van der Waals surface area (Å²) in [6, 6.07) is 6.00. The van der Waals surface area contributed by atoms with E-state index in [0.29, 0.717) is 24.5 Å². The largest absolute Gasteiger partial charge is 0.377 e. The van der Waals surface area contributed by atoms with Gasteiger partial charge in [0.15, 0.2) is 0 Å². The topological polar surface area (TPSA) is 85.4 Å². The molecule has 2 heterocycles. The van der Waals surface area contributed by atoms with E-state index in [1.165, 1.54) is 18.3 Å². The Kier molecular flexibility index (Phi) is 6.00. The standard InChI is InChI=1S/C17H19FN2O4S2/c18-13-6-4-12(5-7-13)9-16-19-10-15(25-16)17(21)20-26(22,23)11-14-3-1-2-8-24-14/h4-7,10,14H,1-3,8-9,11H2,(H,20,21)/t14-/m1/s1. The number of thiazole rings is 1. The number of hydrogen-bond acceptors (Lipinski definition) is 6. The summed E-state index contributed by atoms with van der Waals surface area (Å²) < 4.78 is 44.7. The molecule has 1 aliphatic rings. The van der Waals surface area contributed by atoms with Crippen LogP contribution in [0, 0.1) is 5.82 Å². The summed E-state index contributed by atoms with van der Waals surface area (Å²) in [4.78, 5) is 16.6. The molecular formula is C17H19FN2O4S2. The van der Waals surface area contributed by atoms with Crippen molar-refractivity contribution in [2.24, 2.45) is 0 Å². The average Bonchev–Trinajstić information content (AvgIpc) is 3.06. The third kappa shape index (κ3) is 5.33. The number of carbonyl (C=O) groups excluding carboxylic acids is 1. The van der Waals surface area contributed by atoms with Crippen molar-refractivity contribution in [1.82, 2.24) is 9.71 Å². The second kappa shape index (κ2) is 8.24. The average molecular weight is 398 g/mol. The van der Waals surface area contributed by atoms with E-state index in [2.05, 4.69) is 9.71 Å². The van der Waals surface area contributed by atoms with Crippen molar-refractivity contribution in [3.05, 3.63) is 51.7 Å². The number of aromatic nitrogens is 1. The zero-order valence-corrected chi connectivity index (χ0v) is 15.6. The molecule has 0 spiro atoms. The Morgan fingerprint density at radius 2 is 2.08 bits per heavy atom. The van der Waals surface area contributed by atoms with Gasteiger partial charge in [-0.3, -0.25) is 4.79 Å². The van der Waals surface area contributed by atoms with E-state index in [1.807, 2.05) is 0 Å². The minimum Gasteiger partial charge on any atom is -0.377 e. The van der Waals surface area contributed by atoms with Gasteiger partial charge in [-0.25, -0.2) is 22.5 Å². The molecule has 0 unspecified atom stereocenters. The normalized spacial score (nSPS) is 17.8.